The van der Waals surface area contributed by atoms with Gasteiger partial charge in [0.15, 0.2) is 0 Å². The smallest absolute Gasteiger partial charge is 0.220 e. The van der Waals surface area contributed by atoms with Crippen LogP contribution in [0.25, 0.3) is 0 Å². The van der Waals surface area contributed by atoms with Gasteiger partial charge in [-0.15, -0.1) is 11.3 Å². The lowest BCUT2D eigenvalue weighted by molar-refractivity contribution is -0.123. The lowest BCUT2D eigenvalue weighted by atomic mass is 10.00. The van der Waals surface area contributed by atoms with Crippen LogP contribution in [-0.2, 0) is 11.2 Å². The van der Waals surface area contributed by atoms with Crippen molar-refractivity contribution in [2.45, 2.75) is 45.1 Å². The number of aryl methyl sites for hydroxylation is 1. The average Bonchev–Trinajstić information content (AvgIpc) is 2.75. The summed E-state index contributed by atoms with van der Waals surface area (Å²) in [4.78, 5) is 13.0. The number of nitrogens with one attached hydrogen (secondary N) is 1. The van der Waals surface area contributed by atoms with Crippen molar-refractivity contribution in [1.82, 2.24) is 5.32 Å². The quantitative estimate of drug-likeness (QED) is 0.805. The van der Waals surface area contributed by atoms with Crippen LogP contribution in [0, 0.1) is 0 Å². The van der Waals surface area contributed by atoms with Crippen molar-refractivity contribution in [3.8, 4) is 0 Å². The molecule has 102 valence electrons. The van der Waals surface area contributed by atoms with Crippen LogP contribution in [0.4, 0.5) is 0 Å². The van der Waals surface area contributed by atoms with Crippen LogP contribution in [0.1, 0.15) is 38.0 Å². The second kappa shape index (κ2) is 7.26. The zero-order chi connectivity index (χ0) is 13.6. The normalized spacial score (nSPS) is 14.2. The summed E-state index contributed by atoms with van der Waals surface area (Å²) in [7, 11) is 0. The molecule has 0 aromatic carbocycles. The minimum Gasteiger partial charge on any atom is -0.394 e. The zero-order valence-electron chi connectivity index (χ0n) is 10.8. The molecule has 3 nitrogen and oxygen atoms in total. The Labute approximate surface area is 121 Å². The van der Waals surface area contributed by atoms with Gasteiger partial charge in [0.25, 0.3) is 0 Å². The third-order valence-corrected chi connectivity index (χ3v) is 4.71. The molecular weight excluding hydrogens is 314 g/mol. The summed E-state index contributed by atoms with van der Waals surface area (Å²) < 4.78 is 1.13. The first-order valence-corrected chi connectivity index (χ1v) is 7.76. The number of carbonyl (C=O) groups is 1. The first-order valence-electron chi connectivity index (χ1n) is 6.15. The number of thiophene rings is 1. The highest BCUT2D eigenvalue weighted by molar-refractivity contribution is 9.11. The molecule has 1 aromatic heterocycles. The Kier molecular flexibility index (Phi) is 6.32. The molecule has 5 heteroatoms. The molecule has 0 saturated carbocycles. The van der Waals surface area contributed by atoms with Gasteiger partial charge in [-0.25, -0.2) is 0 Å². The summed E-state index contributed by atoms with van der Waals surface area (Å²) in [5.41, 5.74) is -0.483. The highest BCUT2D eigenvalue weighted by atomic mass is 79.9. The minimum atomic E-state index is -0.483. The molecule has 0 aliphatic heterocycles. The van der Waals surface area contributed by atoms with Gasteiger partial charge in [0.1, 0.15) is 0 Å². The van der Waals surface area contributed by atoms with Crippen LogP contribution in [0.3, 0.4) is 0 Å². The van der Waals surface area contributed by atoms with Gasteiger partial charge in [-0.1, -0.05) is 6.92 Å². The van der Waals surface area contributed by atoms with Crippen LogP contribution >= 0.6 is 27.3 Å². The molecule has 0 spiro atoms. The van der Waals surface area contributed by atoms with E-state index in [-0.39, 0.29) is 12.5 Å². The van der Waals surface area contributed by atoms with E-state index in [0.29, 0.717) is 6.42 Å². The van der Waals surface area contributed by atoms with Crippen LogP contribution in [0.5, 0.6) is 0 Å². The van der Waals surface area contributed by atoms with E-state index in [1.165, 1.54) is 4.88 Å². The molecule has 0 aliphatic carbocycles. The first-order chi connectivity index (χ1) is 8.49. The molecule has 0 radical (unpaired) electrons. The van der Waals surface area contributed by atoms with Crippen molar-refractivity contribution in [2.24, 2.45) is 0 Å². The molecule has 1 atom stereocenters. The van der Waals surface area contributed by atoms with E-state index in [1.807, 2.05) is 19.9 Å². The van der Waals surface area contributed by atoms with Crippen molar-refractivity contribution < 1.29 is 9.90 Å². The fourth-order valence-electron chi connectivity index (χ4n) is 1.55. The van der Waals surface area contributed by atoms with E-state index in [4.69, 9.17) is 0 Å². The van der Waals surface area contributed by atoms with E-state index in [1.54, 1.807) is 11.3 Å². The number of aliphatic hydroxyl groups is 1. The summed E-state index contributed by atoms with van der Waals surface area (Å²) in [6.45, 7) is 3.80. The maximum atomic E-state index is 11.7. The number of carbonyl (C=O) groups excluding carboxylic acids is 1. The topological polar surface area (TPSA) is 49.3 Å². The Morgan fingerprint density at radius 2 is 2.28 bits per heavy atom. The Morgan fingerprint density at radius 1 is 1.56 bits per heavy atom. The van der Waals surface area contributed by atoms with Crippen molar-refractivity contribution in [3.63, 3.8) is 0 Å². The van der Waals surface area contributed by atoms with Crippen LogP contribution < -0.4 is 5.32 Å². The Morgan fingerprint density at radius 3 is 2.78 bits per heavy atom. The van der Waals surface area contributed by atoms with Crippen molar-refractivity contribution in [1.29, 1.82) is 0 Å². The SMILES string of the molecule is CCC(C)(CO)NC(=O)CCCc1ccc(Br)s1. The number of rotatable bonds is 7. The maximum absolute atomic E-state index is 11.7. The van der Waals surface area contributed by atoms with Gasteiger partial charge in [-0.2, -0.15) is 0 Å². The molecule has 18 heavy (non-hydrogen) atoms. The van der Waals surface area contributed by atoms with E-state index in [9.17, 15) is 9.90 Å². The molecule has 2 N–H and O–H groups in total. The monoisotopic (exact) mass is 333 g/mol. The van der Waals surface area contributed by atoms with Crippen LogP contribution in [0.15, 0.2) is 15.9 Å². The van der Waals surface area contributed by atoms with E-state index in [0.717, 1.165) is 23.0 Å². The van der Waals surface area contributed by atoms with Gasteiger partial charge in [0.2, 0.25) is 5.91 Å². The lowest BCUT2D eigenvalue weighted by Crippen LogP contribution is -2.48. The predicted octanol–water partition coefficient (Wildman–Crippen LogP) is 3.11. The summed E-state index contributed by atoms with van der Waals surface area (Å²) in [5, 5.41) is 12.1. The first kappa shape index (κ1) is 15.7. The predicted molar refractivity (Wildman–Crippen MR) is 78.9 cm³/mol. The fraction of sp³-hybridized carbons (Fsp3) is 0.615. The van der Waals surface area contributed by atoms with Gasteiger partial charge >= 0.3 is 0 Å². The van der Waals surface area contributed by atoms with Crippen LogP contribution in [-0.4, -0.2) is 23.2 Å². The van der Waals surface area contributed by atoms with Gasteiger partial charge in [0.05, 0.1) is 15.9 Å². The number of hydrogen-bond acceptors (Lipinski definition) is 3. The third-order valence-electron chi connectivity index (χ3n) is 3.03. The van der Waals surface area contributed by atoms with Crippen molar-refractivity contribution in [2.75, 3.05) is 6.61 Å². The van der Waals surface area contributed by atoms with Gasteiger partial charge in [-0.3, -0.25) is 4.79 Å². The molecule has 1 rings (SSSR count). The molecule has 1 heterocycles. The largest absolute Gasteiger partial charge is 0.394 e. The van der Waals surface area contributed by atoms with Crippen molar-refractivity contribution in [3.05, 3.63) is 20.8 Å². The standard InChI is InChI=1S/C13H20BrNO2S/c1-3-13(2,9-16)15-12(17)6-4-5-10-7-8-11(14)18-10/h7-8,16H,3-6,9H2,1-2H3,(H,15,17). The summed E-state index contributed by atoms with van der Waals surface area (Å²) in [6.07, 6.45) is 2.99. The van der Waals surface area contributed by atoms with Crippen molar-refractivity contribution >= 4 is 33.2 Å². The Bertz CT molecular complexity index is 388. The average molecular weight is 334 g/mol. The fourth-order valence-corrected chi connectivity index (χ4v) is 3.07. The minimum absolute atomic E-state index is 0.0176. The maximum Gasteiger partial charge on any atom is 0.220 e. The number of amides is 1. The van der Waals surface area contributed by atoms with Gasteiger partial charge < -0.3 is 10.4 Å². The lowest BCUT2D eigenvalue weighted by Gasteiger charge is -2.27. The molecule has 1 unspecified atom stereocenters. The van der Waals surface area contributed by atoms with Crippen LogP contribution in [0.2, 0.25) is 0 Å². The van der Waals surface area contributed by atoms with Gasteiger partial charge in [0, 0.05) is 11.3 Å². The van der Waals surface area contributed by atoms with E-state index < -0.39 is 5.54 Å². The highest BCUT2D eigenvalue weighted by Crippen LogP contribution is 2.23. The second-order valence-electron chi connectivity index (χ2n) is 4.68. The Hall–Kier alpha value is -0.390. The number of aliphatic hydroxyl groups excluding tert-OH is 1. The summed E-state index contributed by atoms with van der Waals surface area (Å²) in [5.74, 6) is 0.0176. The zero-order valence-corrected chi connectivity index (χ0v) is 13.2. The summed E-state index contributed by atoms with van der Waals surface area (Å²) >= 11 is 5.13. The molecule has 1 amide bonds. The Balaban J connectivity index is 2.29. The summed E-state index contributed by atoms with van der Waals surface area (Å²) in [6, 6.07) is 4.11. The molecule has 0 aliphatic rings. The third kappa shape index (κ3) is 5.08. The molecule has 0 bridgehead atoms. The highest BCUT2D eigenvalue weighted by Gasteiger charge is 2.22. The number of halogens is 1. The molecular formula is C13H20BrNO2S. The molecule has 0 saturated heterocycles. The molecule has 1 aromatic rings. The van der Waals surface area contributed by atoms with E-state index in [2.05, 4.69) is 27.3 Å². The van der Waals surface area contributed by atoms with E-state index >= 15 is 0 Å². The number of hydrogen-bond donors (Lipinski definition) is 2. The van der Waals surface area contributed by atoms with Gasteiger partial charge in [-0.05, 0) is 54.2 Å². The second-order valence-corrected chi connectivity index (χ2v) is 7.23. The molecule has 0 fully saturated rings.